The number of hydrogen-bond acceptors (Lipinski definition) is 3. The summed E-state index contributed by atoms with van der Waals surface area (Å²) in [6.07, 6.45) is 6.76. The topological polar surface area (TPSA) is 63.1 Å². The number of carbonyl (C=O) groups is 1. The van der Waals surface area contributed by atoms with Crippen LogP contribution in [0.3, 0.4) is 0 Å². The Morgan fingerprint density at radius 3 is 2.33 bits per heavy atom. The van der Waals surface area contributed by atoms with Gasteiger partial charge in [-0.1, -0.05) is 0 Å². The standard InChI is InChI=1S/C11H14N2O2/c14-11(15)9-4-2-8(3-5-9)10-12-6-1-7-13-10/h1,6-9H,2-5H2,(H,14,15). The molecular formula is C11H14N2O2. The Morgan fingerprint density at radius 2 is 1.80 bits per heavy atom. The lowest BCUT2D eigenvalue weighted by Gasteiger charge is -2.24. The van der Waals surface area contributed by atoms with Crippen LogP contribution >= 0.6 is 0 Å². The summed E-state index contributed by atoms with van der Waals surface area (Å²) >= 11 is 0. The zero-order valence-electron chi connectivity index (χ0n) is 8.47. The number of aromatic nitrogens is 2. The van der Waals surface area contributed by atoms with Crippen molar-refractivity contribution in [2.45, 2.75) is 31.6 Å². The Labute approximate surface area is 88.4 Å². The van der Waals surface area contributed by atoms with Crippen LogP contribution < -0.4 is 0 Å². The van der Waals surface area contributed by atoms with E-state index in [9.17, 15) is 4.79 Å². The molecule has 0 aliphatic heterocycles. The van der Waals surface area contributed by atoms with Gasteiger partial charge in [0.1, 0.15) is 5.82 Å². The Balaban J connectivity index is 1.97. The molecule has 0 atom stereocenters. The minimum atomic E-state index is -0.664. The molecule has 1 aliphatic rings. The first kappa shape index (κ1) is 10.1. The molecule has 0 amide bonds. The van der Waals surface area contributed by atoms with Gasteiger partial charge in [-0.25, -0.2) is 9.97 Å². The quantitative estimate of drug-likeness (QED) is 0.801. The molecule has 1 aliphatic carbocycles. The zero-order chi connectivity index (χ0) is 10.7. The van der Waals surface area contributed by atoms with Gasteiger partial charge in [0.25, 0.3) is 0 Å². The van der Waals surface area contributed by atoms with E-state index in [1.807, 2.05) is 0 Å². The third kappa shape index (κ3) is 2.32. The van der Waals surface area contributed by atoms with E-state index < -0.39 is 5.97 Å². The lowest BCUT2D eigenvalue weighted by molar-refractivity contribution is -0.142. The second-order valence-corrected chi connectivity index (χ2v) is 3.99. The summed E-state index contributed by atoms with van der Waals surface area (Å²) in [6, 6.07) is 1.80. The molecule has 80 valence electrons. The molecule has 2 rings (SSSR count). The van der Waals surface area contributed by atoms with Crippen LogP contribution in [0.4, 0.5) is 0 Å². The molecule has 1 saturated carbocycles. The second-order valence-electron chi connectivity index (χ2n) is 3.99. The van der Waals surface area contributed by atoms with Crippen LogP contribution in [-0.2, 0) is 4.79 Å². The summed E-state index contributed by atoms with van der Waals surface area (Å²) < 4.78 is 0. The van der Waals surface area contributed by atoms with Crippen molar-refractivity contribution >= 4 is 5.97 Å². The summed E-state index contributed by atoms with van der Waals surface area (Å²) in [6.45, 7) is 0. The number of hydrogen-bond donors (Lipinski definition) is 1. The molecule has 1 aromatic heterocycles. The molecule has 4 heteroatoms. The van der Waals surface area contributed by atoms with E-state index in [2.05, 4.69) is 9.97 Å². The molecule has 1 fully saturated rings. The predicted octanol–water partition coefficient (Wildman–Crippen LogP) is 1.83. The first-order valence-corrected chi connectivity index (χ1v) is 5.27. The number of carboxylic acids is 1. The van der Waals surface area contributed by atoms with E-state index in [4.69, 9.17) is 5.11 Å². The Bertz CT molecular complexity index is 332. The highest BCUT2D eigenvalue weighted by atomic mass is 16.4. The molecule has 0 spiro atoms. The average Bonchev–Trinajstić information content (AvgIpc) is 2.30. The molecule has 1 N–H and O–H groups in total. The number of rotatable bonds is 2. The lowest BCUT2D eigenvalue weighted by Crippen LogP contribution is -2.21. The van der Waals surface area contributed by atoms with Gasteiger partial charge in [-0.3, -0.25) is 4.79 Å². The van der Waals surface area contributed by atoms with Crippen molar-refractivity contribution in [1.29, 1.82) is 0 Å². The van der Waals surface area contributed by atoms with E-state index in [1.165, 1.54) is 0 Å². The first-order valence-electron chi connectivity index (χ1n) is 5.27. The third-order valence-corrected chi connectivity index (χ3v) is 3.03. The molecule has 1 heterocycles. The molecule has 0 aromatic carbocycles. The monoisotopic (exact) mass is 206 g/mol. The Morgan fingerprint density at radius 1 is 1.20 bits per heavy atom. The third-order valence-electron chi connectivity index (χ3n) is 3.03. The van der Waals surface area contributed by atoms with Crippen LogP contribution in [0.1, 0.15) is 37.4 Å². The van der Waals surface area contributed by atoms with Crippen molar-refractivity contribution in [2.24, 2.45) is 5.92 Å². The van der Waals surface area contributed by atoms with Crippen molar-refractivity contribution in [3.63, 3.8) is 0 Å². The normalized spacial score (nSPS) is 26.1. The predicted molar refractivity (Wildman–Crippen MR) is 54.4 cm³/mol. The average molecular weight is 206 g/mol. The minimum absolute atomic E-state index is 0.162. The molecule has 0 radical (unpaired) electrons. The van der Waals surface area contributed by atoms with E-state index in [-0.39, 0.29) is 5.92 Å². The van der Waals surface area contributed by atoms with E-state index in [1.54, 1.807) is 18.5 Å². The van der Waals surface area contributed by atoms with Gasteiger partial charge in [-0.2, -0.15) is 0 Å². The maximum atomic E-state index is 10.8. The van der Waals surface area contributed by atoms with Crippen molar-refractivity contribution in [3.05, 3.63) is 24.3 Å². The van der Waals surface area contributed by atoms with Gasteiger partial charge >= 0.3 is 5.97 Å². The smallest absolute Gasteiger partial charge is 0.306 e. The fourth-order valence-electron chi connectivity index (χ4n) is 2.12. The SMILES string of the molecule is O=C(O)C1CCC(c2ncccn2)CC1. The van der Waals surface area contributed by atoms with Gasteiger partial charge in [0.05, 0.1) is 5.92 Å². The van der Waals surface area contributed by atoms with Crippen molar-refractivity contribution in [2.75, 3.05) is 0 Å². The van der Waals surface area contributed by atoms with Crippen molar-refractivity contribution in [1.82, 2.24) is 9.97 Å². The van der Waals surface area contributed by atoms with Crippen LogP contribution in [0, 0.1) is 5.92 Å². The summed E-state index contributed by atoms with van der Waals surface area (Å²) in [5.41, 5.74) is 0. The number of carboxylic acid groups (broad SMARTS) is 1. The maximum Gasteiger partial charge on any atom is 0.306 e. The van der Waals surface area contributed by atoms with Crippen LogP contribution in [0.5, 0.6) is 0 Å². The first-order chi connectivity index (χ1) is 7.27. The van der Waals surface area contributed by atoms with E-state index >= 15 is 0 Å². The molecule has 0 unspecified atom stereocenters. The van der Waals surface area contributed by atoms with Crippen molar-refractivity contribution < 1.29 is 9.90 Å². The van der Waals surface area contributed by atoms with Crippen LogP contribution in [0.2, 0.25) is 0 Å². The summed E-state index contributed by atoms with van der Waals surface area (Å²) in [4.78, 5) is 19.2. The lowest BCUT2D eigenvalue weighted by atomic mass is 9.81. The highest BCUT2D eigenvalue weighted by Crippen LogP contribution is 2.33. The summed E-state index contributed by atoms with van der Waals surface area (Å²) in [5.74, 6) is 0.385. The molecule has 15 heavy (non-hydrogen) atoms. The fourth-order valence-corrected chi connectivity index (χ4v) is 2.12. The van der Waals surface area contributed by atoms with Crippen molar-refractivity contribution in [3.8, 4) is 0 Å². The second kappa shape index (κ2) is 4.38. The molecule has 4 nitrogen and oxygen atoms in total. The molecular weight excluding hydrogens is 192 g/mol. The molecule has 0 bridgehead atoms. The zero-order valence-corrected chi connectivity index (χ0v) is 8.47. The Kier molecular flexibility index (Phi) is 2.94. The highest BCUT2D eigenvalue weighted by Gasteiger charge is 2.27. The minimum Gasteiger partial charge on any atom is -0.481 e. The molecule has 0 saturated heterocycles. The Hall–Kier alpha value is -1.45. The van der Waals surface area contributed by atoms with Gasteiger partial charge in [-0.05, 0) is 31.7 Å². The largest absolute Gasteiger partial charge is 0.481 e. The maximum absolute atomic E-state index is 10.8. The van der Waals surface area contributed by atoms with Gasteiger partial charge in [0, 0.05) is 18.3 Å². The van der Waals surface area contributed by atoms with E-state index in [0.717, 1.165) is 31.5 Å². The summed E-state index contributed by atoms with van der Waals surface area (Å²) in [5, 5.41) is 8.86. The van der Waals surface area contributed by atoms with Gasteiger partial charge in [-0.15, -0.1) is 0 Å². The number of aliphatic carboxylic acids is 1. The van der Waals surface area contributed by atoms with Crippen LogP contribution in [0.25, 0.3) is 0 Å². The van der Waals surface area contributed by atoms with E-state index in [0.29, 0.717) is 5.92 Å². The van der Waals surface area contributed by atoms with Crippen LogP contribution in [0.15, 0.2) is 18.5 Å². The van der Waals surface area contributed by atoms with Crippen LogP contribution in [-0.4, -0.2) is 21.0 Å². The summed E-state index contributed by atoms with van der Waals surface area (Å²) in [7, 11) is 0. The van der Waals surface area contributed by atoms with Gasteiger partial charge < -0.3 is 5.11 Å². The molecule has 1 aromatic rings. The van der Waals surface area contributed by atoms with Gasteiger partial charge in [0.2, 0.25) is 0 Å². The highest BCUT2D eigenvalue weighted by molar-refractivity contribution is 5.70. The number of nitrogens with zero attached hydrogens (tertiary/aromatic N) is 2. The van der Waals surface area contributed by atoms with Gasteiger partial charge in [0.15, 0.2) is 0 Å². The fraction of sp³-hybridized carbons (Fsp3) is 0.545.